The number of aromatic nitrogens is 1. The fourth-order valence-electron chi connectivity index (χ4n) is 7.60. The molecule has 9 rings (SSSR count). The Morgan fingerprint density at radius 3 is 1.25 bits per heavy atom. The molecule has 0 radical (unpaired) electrons. The van der Waals surface area contributed by atoms with Crippen LogP contribution in [0.5, 0.6) is 0 Å². The van der Waals surface area contributed by atoms with E-state index < -0.39 is 0 Å². The molecule has 1 heterocycles. The van der Waals surface area contributed by atoms with E-state index in [1.807, 2.05) is 24.4 Å². The monoisotopic (exact) mass is 615 g/mol. The van der Waals surface area contributed by atoms with E-state index in [-0.39, 0.29) is 0 Å². The summed E-state index contributed by atoms with van der Waals surface area (Å²) in [6.07, 6.45) is 1.85. The summed E-state index contributed by atoms with van der Waals surface area (Å²) in [5.41, 5.74) is 13.2. The lowest BCUT2D eigenvalue weighted by Crippen LogP contribution is -1.96. The van der Waals surface area contributed by atoms with Crippen LogP contribution in [-0.4, -0.2) is 4.98 Å². The fraction of sp³-hybridized carbons (Fsp3) is 0.0652. The highest BCUT2D eigenvalue weighted by Gasteiger charge is 2.23. The van der Waals surface area contributed by atoms with Crippen molar-refractivity contribution in [1.29, 1.82) is 0 Å². The minimum absolute atomic E-state index is 0.625. The molecule has 0 amide bonds. The van der Waals surface area contributed by atoms with Crippen LogP contribution in [0.15, 0.2) is 150 Å². The fourth-order valence-corrected chi connectivity index (χ4v) is 7.60. The third kappa shape index (κ3) is 4.37. The van der Waals surface area contributed by atoms with Gasteiger partial charge in [-0.3, -0.25) is 0 Å². The van der Waals surface area contributed by atoms with E-state index in [2.05, 4.69) is 142 Å². The molecule has 0 fully saturated rings. The number of rotatable bonds is 5. The highest BCUT2D eigenvalue weighted by atomic mass is 16.4. The third-order valence-electron chi connectivity index (χ3n) is 10.00. The number of oxazole rings is 1. The molecule has 0 saturated carbocycles. The molecule has 0 aliphatic rings. The van der Waals surface area contributed by atoms with Gasteiger partial charge in [-0.25, -0.2) is 4.98 Å². The summed E-state index contributed by atoms with van der Waals surface area (Å²) >= 11 is 0. The van der Waals surface area contributed by atoms with Gasteiger partial charge >= 0.3 is 0 Å². The van der Waals surface area contributed by atoms with Crippen molar-refractivity contribution in [1.82, 2.24) is 4.98 Å². The molecule has 0 bridgehead atoms. The first-order chi connectivity index (χ1) is 23.6. The van der Waals surface area contributed by atoms with Crippen LogP contribution in [0.4, 0.5) is 0 Å². The summed E-state index contributed by atoms with van der Waals surface area (Å²) in [7, 11) is 0. The van der Waals surface area contributed by atoms with E-state index in [9.17, 15) is 0 Å². The Hall–Kier alpha value is -5.99. The van der Waals surface area contributed by atoms with Gasteiger partial charge in [-0.15, -0.1) is 0 Å². The lowest BCUT2D eigenvalue weighted by molar-refractivity contribution is 0.589. The van der Waals surface area contributed by atoms with E-state index in [0.717, 1.165) is 22.3 Å². The first kappa shape index (κ1) is 28.3. The Balaban J connectivity index is 1.45. The zero-order valence-electron chi connectivity index (χ0n) is 27.2. The van der Waals surface area contributed by atoms with Crippen molar-refractivity contribution < 1.29 is 4.42 Å². The van der Waals surface area contributed by atoms with Gasteiger partial charge in [-0.05, 0) is 115 Å². The van der Waals surface area contributed by atoms with Gasteiger partial charge in [0.2, 0.25) is 5.89 Å². The van der Waals surface area contributed by atoms with Gasteiger partial charge in [0, 0.05) is 11.1 Å². The van der Waals surface area contributed by atoms with E-state index in [1.54, 1.807) is 0 Å². The Bertz CT molecular complexity index is 2580. The number of nitrogens with zero attached hydrogens (tertiary/aromatic N) is 1. The standard InChI is InChI=1S/C46H33NO/c1-28-13-7-10-18-32(28)39-25-40(33-19-11-8-14-29(33)2)36-23-24-38-42(46-47-27-43(48-46)31-16-5-4-6-17-31)26-41(34-20-12-9-15-30(34)3)37-22-21-35(39)44(36)45(37)38/h4-27H,1-3H3. The van der Waals surface area contributed by atoms with Gasteiger partial charge in [-0.1, -0.05) is 127 Å². The Morgan fingerprint density at radius 2 is 0.792 bits per heavy atom. The quantitative estimate of drug-likeness (QED) is 0.180. The maximum atomic E-state index is 6.57. The Kier molecular flexibility index (Phi) is 6.51. The smallest absolute Gasteiger partial charge is 0.227 e. The van der Waals surface area contributed by atoms with E-state index in [0.29, 0.717) is 5.89 Å². The molecule has 0 atom stereocenters. The van der Waals surface area contributed by atoms with Crippen molar-refractivity contribution >= 4 is 32.3 Å². The summed E-state index contributed by atoms with van der Waals surface area (Å²) in [6.45, 7) is 6.61. The van der Waals surface area contributed by atoms with Gasteiger partial charge in [0.1, 0.15) is 0 Å². The van der Waals surface area contributed by atoms with E-state index >= 15 is 0 Å². The molecule has 0 saturated heterocycles. The number of benzene rings is 8. The zero-order chi connectivity index (χ0) is 32.4. The minimum Gasteiger partial charge on any atom is -0.436 e. The molecule has 8 aromatic carbocycles. The van der Waals surface area contributed by atoms with Crippen molar-refractivity contribution in [3.63, 3.8) is 0 Å². The van der Waals surface area contributed by atoms with Crippen LogP contribution >= 0.6 is 0 Å². The van der Waals surface area contributed by atoms with E-state index in [4.69, 9.17) is 9.40 Å². The summed E-state index contributed by atoms with van der Waals surface area (Å²) in [5.74, 6) is 1.39. The largest absolute Gasteiger partial charge is 0.436 e. The normalized spacial score (nSPS) is 11.6. The van der Waals surface area contributed by atoms with Gasteiger partial charge in [-0.2, -0.15) is 0 Å². The second-order valence-electron chi connectivity index (χ2n) is 12.9. The molecular formula is C46H33NO. The van der Waals surface area contributed by atoms with Gasteiger partial charge in [0.25, 0.3) is 0 Å². The minimum atomic E-state index is 0.625. The molecule has 0 aliphatic carbocycles. The Morgan fingerprint density at radius 1 is 0.396 bits per heavy atom. The molecule has 1 aromatic heterocycles. The van der Waals surface area contributed by atoms with Gasteiger partial charge in [0.15, 0.2) is 5.76 Å². The topological polar surface area (TPSA) is 26.0 Å². The highest BCUT2D eigenvalue weighted by molar-refractivity contribution is 6.31. The maximum Gasteiger partial charge on any atom is 0.227 e. The molecule has 0 spiro atoms. The SMILES string of the molecule is Cc1ccccc1-c1cc(-c2ncc(-c3ccccc3)o2)c2ccc3c(-c4ccccc4C)cc(-c4ccccc4C)c4ccc1c2c34. The van der Waals surface area contributed by atoms with Crippen molar-refractivity contribution in [2.45, 2.75) is 20.8 Å². The molecule has 228 valence electrons. The molecule has 2 heteroatoms. The lowest BCUT2D eigenvalue weighted by atomic mass is 9.81. The van der Waals surface area contributed by atoms with Crippen LogP contribution in [0.25, 0.3) is 88.5 Å². The molecule has 0 aliphatic heterocycles. The molecule has 9 aromatic rings. The van der Waals surface area contributed by atoms with Gasteiger partial charge in [0.05, 0.1) is 6.20 Å². The van der Waals surface area contributed by atoms with Crippen LogP contribution in [0.1, 0.15) is 16.7 Å². The van der Waals surface area contributed by atoms with Gasteiger partial charge < -0.3 is 4.42 Å². The maximum absolute atomic E-state index is 6.57. The van der Waals surface area contributed by atoms with Crippen LogP contribution in [-0.2, 0) is 0 Å². The third-order valence-corrected chi connectivity index (χ3v) is 10.00. The van der Waals surface area contributed by atoms with Crippen molar-refractivity contribution in [3.05, 3.63) is 162 Å². The second kappa shape index (κ2) is 11.1. The summed E-state index contributed by atoms with van der Waals surface area (Å²) in [6, 6.07) is 50.3. The highest BCUT2D eigenvalue weighted by Crippen LogP contribution is 2.49. The lowest BCUT2D eigenvalue weighted by Gasteiger charge is -2.22. The first-order valence-corrected chi connectivity index (χ1v) is 16.5. The molecule has 0 unspecified atom stereocenters. The van der Waals surface area contributed by atoms with Crippen LogP contribution < -0.4 is 0 Å². The molecule has 0 N–H and O–H groups in total. The first-order valence-electron chi connectivity index (χ1n) is 16.5. The van der Waals surface area contributed by atoms with E-state index in [1.165, 1.54) is 77.0 Å². The second-order valence-corrected chi connectivity index (χ2v) is 12.9. The molecule has 2 nitrogen and oxygen atoms in total. The van der Waals surface area contributed by atoms with Crippen LogP contribution in [0.2, 0.25) is 0 Å². The molecule has 48 heavy (non-hydrogen) atoms. The Labute approximate surface area is 280 Å². The van der Waals surface area contributed by atoms with Crippen LogP contribution in [0, 0.1) is 20.8 Å². The van der Waals surface area contributed by atoms with Crippen molar-refractivity contribution in [2.75, 3.05) is 0 Å². The zero-order valence-corrected chi connectivity index (χ0v) is 27.2. The predicted molar refractivity (Wildman–Crippen MR) is 202 cm³/mol. The van der Waals surface area contributed by atoms with Crippen molar-refractivity contribution in [3.8, 4) is 56.2 Å². The average Bonchev–Trinajstić information content (AvgIpc) is 3.62. The van der Waals surface area contributed by atoms with Crippen molar-refractivity contribution in [2.24, 2.45) is 0 Å². The number of aryl methyl sites for hydroxylation is 3. The summed E-state index contributed by atoms with van der Waals surface area (Å²) in [4.78, 5) is 4.89. The van der Waals surface area contributed by atoms with Crippen LogP contribution in [0.3, 0.4) is 0 Å². The summed E-state index contributed by atoms with van der Waals surface area (Å²) in [5, 5.41) is 7.38. The predicted octanol–water partition coefficient (Wildman–Crippen LogP) is 12.8. The average molecular weight is 616 g/mol. The number of hydrogen-bond acceptors (Lipinski definition) is 2. The molecular weight excluding hydrogens is 583 g/mol. The number of hydrogen-bond donors (Lipinski definition) is 0. The summed E-state index contributed by atoms with van der Waals surface area (Å²) < 4.78 is 6.57.